The molecule has 0 radical (unpaired) electrons. The Morgan fingerprint density at radius 2 is 2.03 bits per heavy atom. The predicted octanol–water partition coefficient (Wildman–Crippen LogP) is 3.85. The van der Waals surface area contributed by atoms with Gasteiger partial charge in [-0.1, -0.05) is 17.7 Å². The molecule has 0 saturated carbocycles. The van der Waals surface area contributed by atoms with Crippen LogP contribution in [-0.4, -0.2) is 38.3 Å². The summed E-state index contributed by atoms with van der Waals surface area (Å²) in [6.45, 7) is 0.472. The van der Waals surface area contributed by atoms with Crippen LogP contribution in [0.4, 0.5) is 0 Å². The average Bonchev–Trinajstić information content (AvgIpc) is 3.45. The summed E-state index contributed by atoms with van der Waals surface area (Å²) in [6, 6.07) is 15.3. The van der Waals surface area contributed by atoms with Gasteiger partial charge in [-0.3, -0.25) is 4.68 Å². The summed E-state index contributed by atoms with van der Waals surface area (Å²) in [7, 11) is 3.51. The maximum Gasteiger partial charge on any atom is 0.202 e. The molecule has 1 atom stereocenters. The highest BCUT2D eigenvalue weighted by Gasteiger charge is 2.32. The topological polar surface area (TPSA) is 67.0 Å². The first-order valence-corrected chi connectivity index (χ1v) is 9.54. The number of rotatable bonds is 4. The molecule has 1 aliphatic heterocycles. The lowest BCUT2D eigenvalue weighted by molar-refractivity contribution is 0.338. The van der Waals surface area contributed by atoms with Crippen molar-refractivity contribution in [3.8, 4) is 28.7 Å². The molecule has 2 aromatic carbocycles. The fourth-order valence-corrected chi connectivity index (χ4v) is 3.70. The van der Waals surface area contributed by atoms with Crippen molar-refractivity contribution in [1.29, 1.82) is 0 Å². The van der Waals surface area contributed by atoms with E-state index in [-0.39, 0.29) is 5.92 Å². The second-order valence-electron chi connectivity index (χ2n) is 6.83. The summed E-state index contributed by atoms with van der Waals surface area (Å²) < 4.78 is 14.8. The van der Waals surface area contributed by atoms with Gasteiger partial charge < -0.3 is 9.47 Å². The molecule has 3 heterocycles. The third-order valence-corrected chi connectivity index (χ3v) is 5.17. The van der Waals surface area contributed by atoms with E-state index in [0.29, 0.717) is 23.1 Å². The number of ether oxygens (including phenoxy) is 2. The van der Waals surface area contributed by atoms with Gasteiger partial charge in [0, 0.05) is 29.9 Å². The Morgan fingerprint density at radius 3 is 2.83 bits per heavy atom. The molecule has 146 valence electrons. The first-order chi connectivity index (χ1) is 14.1. The second kappa shape index (κ2) is 6.93. The summed E-state index contributed by atoms with van der Waals surface area (Å²) in [6.07, 6.45) is 1.87. The molecule has 0 fully saturated rings. The van der Waals surface area contributed by atoms with Crippen molar-refractivity contribution in [2.75, 3.05) is 13.7 Å². The van der Waals surface area contributed by atoms with Gasteiger partial charge in [0.15, 0.2) is 0 Å². The Hall–Kier alpha value is -3.32. The highest BCUT2D eigenvalue weighted by atomic mass is 35.5. The first-order valence-electron chi connectivity index (χ1n) is 9.16. The van der Waals surface area contributed by atoms with Crippen LogP contribution in [0.1, 0.15) is 17.3 Å². The van der Waals surface area contributed by atoms with Gasteiger partial charge >= 0.3 is 0 Å². The molecule has 1 unspecified atom stereocenters. The van der Waals surface area contributed by atoms with Crippen LogP contribution >= 0.6 is 11.6 Å². The molecule has 1 aliphatic rings. The third-order valence-electron chi connectivity index (χ3n) is 4.94. The smallest absolute Gasteiger partial charge is 0.202 e. The number of aromatic nitrogens is 5. The van der Waals surface area contributed by atoms with Gasteiger partial charge in [0.25, 0.3) is 0 Å². The van der Waals surface area contributed by atoms with Gasteiger partial charge in [0.2, 0.25) is 5.82 Å². The van der Waals surface area contributed by atoms with E-state index in [1.54, 1.807) is 11.8 Å². The maximum absolute atomic E-state index is 6.25. The fraction of sp³-hybridized carbons (Fsp3) is 0.190. The van der Waals surface area contributed by atoms with Crippen molar-refractivity contribution in [2.45, 2.75) is 5.92 Å². The number of methoxy groups -OCH3 is 1. The molecule has 0 aliphatic carbocycles. The van der Waals surface area contributed by atoms with Gasteiger partial charge in [-0.15, -0.1) is 5.10 Å². The fourth-order valence-electron chi connectivity index (χ4n) is 3.52. The molecule has 8 heteroatoms. The molecule has 7 nitrogen and oxygen atoms in total. The highest BCUT2D eigenvalue weighted by Crippen LogP contribution is 2.40. The number of aryl methyl sites for hydroxylation is 1. The van der Waals surface area contributed by atoms with Crippen LogP contribution in [0.15, 0.2) is 54.7 Å². The second-order valence-corrected chi connectivity index (χ2v) is 7.26. The molecular formula is C21H18ClN5O2. The van der Waals surface area contributed by atoms with Crippen LogP contribution in [-0.2, 0) is 7.05 Å². The average molecular weight is 408 g/mol. The monoisotopic (exact) mass is 407 g/mol. The van der Waals surface area contributed by atoms with Crippen molar-refractivity contribution >= 4 is 11.6 Å². The van der Waals surface area contributed by atoms with Crippen molar-refractivity contribution in [3.05, 3.63) is 71.1 Å². The first kappa shape index (κ1) is 17.8. The lowest BCUT2D eigenvalue weighted by Gasteiger charge is -2.12. The molecule has 0 saturated heterocycles. The largest absolute Gasteiger partial charge is 0.497 e. The maximum atomic E-state index is 6.25. The van der Waals surface area contributed by atoms with Crippen molar-refractivity contribution in [2.24, 2.45) is 7.05 Å². The summed E-state index contributed by atoms with van der Waals surface area (Å²) >= 11 is 6.25. The van der Waals surface area contributed by atoms with Crippen LogP contribution in [0.3, 0.4) is 0 Å². The van der Waals surface area contributed by atoms with E-state index < -0.39 is 0 Å². The van der Waals surface area contributed by atoms with Crippen molar-refractivity contribution in [1.82, 2.24) is 24.5 Å². The number of hydrogen-bond acceptors (Lipinski definition) is 5. The quantitative estimate of drug-likeness (QED) is 0.514. The molecule has 2 aromatic heterocycles. The molecular weight excluding hydrogens is 390 g/mol. The van der Waals surface area contributed by atoms with Gasteiger partial charge in [-0.2, -0.15) is 5.10 Å². The Bertz CT molecular complexity index is 1200. The zero-order chi connectivity index (χ0) is 20.0. The number of fused-ring (bicyclic) bond motifs is 1. The molecule has 4 aromatic rings. The summed E-state index contributed by atoms with van der Waals surface area (Å²) in [5.41, 5.74) is 2.56. The minimum Gasteiger partial charge on any atom is -0.497 e. The lowest BCUT2D eigenvalue weighted by atomic mass is 10.0. The highest BCUT2D eigenvalue weighted by molar-refractivity contribution is 6.30. The zero-order valence-electron chi connectivity index (χ0n) is 15.9. The van der Waals surface area contributed by atoms with E-state index in [4.69, 9.17) is 31.2 Å². The molecule has 0 N–H and O–H groups in total. The van der Waals surface area contributed by atoms with E-state index >= 15 is 0 Å². The van der Waals surface area contributed by atoms with Crippen molar-refractivity contribution < 1.29 is 9.47 Å². The van der Waals surface area contributed by atoms with Crippen LogP contribution in [0, 0.1) is 0 Å². The van der Waals surface area contributed by atoms with Crippen molar-refractivity contribution in [3.63, 3.8) is 0 Å². The van der Waals surface area contributed by atoms with Crippen LogP contribution in [0.5, 0.6) is 11.5 Å². The standard InChI is InChI=1S/C21H18ClN5O2/c1-26-9-8-18(24-26)20-23-21(17-12-29-19-7-6-13(22)10-16(17)19)27(25-20)14-4-3-5-15(11-14)28-2/h3-11,17H,12H2,1-2H3. The Kier molecular flexibility index (Phi) is 4.24. The van der Waals surface area contributed by atoms with Gasteiger partial charge in [0.1, 0.15) is 29.6 Å². The summed E-state index contributed by atoms with van der Waals surface area (Å²) in [5, 5.41) is 9.88. The molecule has 29 heavy (non-hydrogen) atoms. The minimum absolute atomic E-state index is 0.0973. The van der Waals surface area contributed by atoms with E-state index in [1.807, 2.05) is 66.5 Å². The Morgan fingerprint density at radius 1 is 1.14 bits per heavy atom. The van der Waals surface area contributed by atoms with E-state index in [9.17, 15) is 0 Å². The number of halogens is 1. The molecule has 0 bridgehead atoms. The minimum atomic E-state index is -0.0973. The molecule has 0 spiro atoms. The zero-order valence-corrected chi connectivity index (χ0v) is 16.7. The van der Waals surface area contributed by atoms with Gasteiger partial charge in [-0.25, -0.2) is 9.67 Å². The van der Waals surface area contributed by atoms with Crippen LogP contribution < -0.4 is 9.47 Å². The SMILES string of the molecule is COc1cccc(-n2nc(-c3ccn(C)n3)nc2C2COc3ccc(Cl)cc32)c1. The Balaban J connectivity index is 1.68. The van der Waals surface area contributed by atoms with E-state index in [2.05, 4.69) is 5.10 Å². The summed E-state index contributed by atoms with van der Waals surface area (Å²) in [5.74, 6) is 2.78. The van der Waals surface area contributed by atoms with Gasteiger partial charge in [-0.05, 0) is 36.4 Å². The Labute approximate surface area is 172 Å². The number of hydrogen-bond donors (Lipinski definition) is 0. The molecule has 0 amide bonds. The van der Waals surface area contributed by atoms with E-state index in [1.165, 1.54) is 0 Å². The normalized spacial score (nSPS) is 15.2. The lowest BCUT2D eigenvalue weighted by Crippen LogP contribution is -2.11. The summed E-state index contributed by atoms with van der Waals surface area (Å²) in [4.78, 5) is 4.85. The van der Waals surface area contributed by atoms with Crippen LogP contribution in [0.2, 0.25) is 5.02 Å². The van der Waals surface area contributed by atoms with Gasteiger partial charge in [0.05, 0.1) is 18.7 Å². The van der Waals surface area contributed by atoms with Crippen LogP contribution in [0.25, 0.3) is 17.2 Å². The predicted molar refractivity (Wildman–Crippen MR) is 109 cm³/mol. The number of benzene rings is 2. The molecule has 5 rings (SSSR count). The van der Waals surface area contributed by atoms with E-state index in [0.717, 1.165) is 28.6 Å². The third kappa shape index (κ3) is 3.13. The number of nitrogens with zero attached hydrogens (tertiary/aromatic N) is 5.